The molecule has 2 aliphatic heterocycles. The van der Waals surface area contributed by atoms with E-state index in [4.69, 9.17) is 4.74 Å². The van der Waals surface area contributed by atoms with Gasteiger partial charge in [0.1, 0.15) is 6.54 Å². The number of amides is 1. The summed E-state index contributed by atoms with van der Waals surface area (Å²) < 4.78 is 6.96. The van der Waals surface area contributed by atoms with E-state index in [9.17, 15) is 9.59 Å². The molecule has 0 spiro atoms. The number of hydrogen-bond donors (Lipinski definition) is 0. The van der Waals surface area contributed by atoms with E-state index in [1.54, 1.807) is 6.20 Å². The molecule has 0 bridgehead atoms. The Morgan fingerprint density at radius 2 is 1.93 bits per heavy atom. The Bertz CT molecular complexity index is 857. The third-order valence-corrected chi connectivity index (χ3v) is 5.68. The molecule has 0 saturated carbocycles. The Kier molecular flexibility index (Phi) is 5.55. The highest BCUT2D eigenvalue weighted by Gasteiger charge is 2.26. The molecule has 3 heterocycles. The van der Waals surface area contributed by atoms with Crippen molar-refractivity contribution in [2.75, 3.05) is 45.9 Å². The van der Waals surface area contributed by atoms with Gasteiger partial charge in [-0.25, -0.2) is 0 Å². The van der Waals surface area contributed by atoms with E-state index in [2.05, 4.69) is 4.90 Å². The first kappa shape index (κ1) is 18.2. The van der Waals surface area contributed by atoms with E-state index in [1.165, 1.54) is 4.57 Å². The zero-order chi connectivity index (χ0) is 18.6. The molecule has 2 aliphatic rings. The molecule has 2 saturated heterocycles. The molecule has 1 atom stereocenters. The molecule has 4 rings (SSSR count). The summed E-state index contributed by atoms with van der Waals surface area (Å²) in [5.41, 5.74) is -0.0941. The predicted molar refractivity (Wildman–Crippen MR) is 105 cm³/mol. The summed E-state index contributed by atoms with van der Waals surface area (Å²) in [6, 6.07) is 9.42. The normalized spacial score (nSPS) is 21.5. The van der Waals surface area contributed by atoms with Crippen molar-refractivity contribution in [2.45, 2.75) is 19.4 Å². The minimum absolute atomic E-state index is 0.0408. The molecular weight excluding hydrogens is 342 g/mol. The maximum Gasteiger partial charge on any atom is 0.258 e. The van der Waals surface area contributed by atoms with Gasteiger partial charge in [-0.05, 0) is 36.3 Å². The zero-order valence-electron chi connectivity index (χ0n) is 15.7. The number of likely N-dealkylation sites (tertiary alicyclic amines) is 1. The molecule has 1 aromatic heterocycles. The molecule has 0 unspecified atom stereocenters. The molecule has 0 radical (unpaired) electrons. The second-order valence-corrected chi connectivity index (χ2v) is 7.60. The molecule has 0 N–H and O–H groups in total. The van der Waals surface area contributed by atoms with E-state index >= 15 is 0 Å². The molecule has 1 amide bonds. The summed E-state index contributed by atoms with van der Waals surface area (Å²) in [5, 5.41) is 1.58. The van der Waals surface area contributed by atoms with Crippen molar-refractivity contribution in [1.29, 1.82) is 0 Å². The van der Waals surface area contributed by atoms with E-state index in [-0.39, 0.29) is 18.0 Å². The number of fused-ring (bicyclic) bond motifs is 1. The smallest absolute Gasteiger partial charge is 0.258 e. The molecule has 2 aromatic rings. The topological polar surface area (TPSA) is 54.8 Å². The van der Waals surface area contributed by atoms with Gasteiger partial charge in [-0.3, -0.25) is 14.5 Å². The SMILES string of the molecule is O=C(Cn1ccc2ccccc2c1=O)N1CCC[C@H](CN2CCOCC2)C1. The van der Waals surface area contributed by atoms with Crippen LogP contribution in [0.15, 0.2) is 41.3 Å². The average molecular weight is 369 g/mol. The van der Waals surface area contributed by atoms with Gasteiger partial charge in [0.15, 0.2) is 0 Å². The Balaban J connectivity index is 1.40. The van der Waals surface area contributed by atoms with Crippen LogP contribution in [0, 0.1) is 5.92 Å². The summed E-state index contributed by atoms with van der Waals surface area (Å²) in [6.07, 6.45) is 3.93. The third-order valence-electron chi connectivity index (χ3n) is 5.68. The first-order valence-electron chi connectivity index (χ1n) is 9.87. The molecule has 27 heavy (non-hydrogen) atoms. The Morgan fingerprint density at radius 1 is 1.11 bits per heavy atom. The maximum atomic E-state index is 12.8. The number of morpholine rings is 1. The van der Waals surface area contributed by atoms with Gasteiger partial charge in [0.05, 0.1) is 13.2 Å². The van der Waals surface area contributed by atoms with Crippen LogP contribution in [-0.4, -0.2) is 66.2 Å². The fraction of sp³-hybridized carbons (Fsp3) is 0.524. The summed E-state index contributed by atoms with van der Waals surface area (Å²) in [7, 11) is 0. The summed E-state index contributed by atoms with van der Waals surface area (Å²) in [6.45, 7) is 6.31. The lowest BCUT2D eigenvalue weighted by atomic mass is 9.97. The van der Waals surface area contributed by atoms with Gasteiger partial charge in [0.25, 0.3) is 5.56 Å². The number of carbonyl (C=O) groups excluding carboxylic acids is 1. The van der Waals surface area contributed by atoms with Gasteiger partial charge in [0.2, 0.25) is 5.91 Å². The van der Waals surface area contributed by atoms with Gasteiger partial charge in [-0.1, -0.05) is 18.2 Å². The van der Waals surface area contributed by atoms with E-state index in [1.807, 2.05) is 35.2 Å². The largest absolute Gasteiger partial charge is 0.379 e. The van der Waals surface area contributed by atoms with Crippen molar-refractivity contribution in [1.82, 2.24) is 14.4 Å². The van der Waals surface area contributed by atoms with E-state index in [0.717, 1.165) is 64.2 Å². The molecule has 1 aromatic carbocycles. The Morgan fingerprint density at radius 3 is 2.78 bits per heavy atom. The van der Waals surface area contributed by atoms with Crippen LogP contribution < -0.4 is 5.56 Å². The maximum absolute atomic E-state index is 12.8. The second-order valence-electron chi connectivity index (χ2n) is 7.60. The van der Waals surface area contributed by atoms with Gasteiger partial charge < -0.3 is 14.2 Å². The molecule has 0 aliphatic carbocycles. The Hall–Kier alpha value is -2.18. The summed E-state index contributed by atoms with van der Waals surface area (Å²) in [4.78, 5) is 29.9. The number of aromatic nitrogens is 1. The number of rotatable bonds is 4. The second kappa shape index (κ2) is 8.23. The van der Waals surface area contributed by atoms with Crippen LogP contribution in [0.2, 0.25) is 0 Å². The quantitative estimate of drug-likeness (QED) is 0.821. The first-order chi connectivity index (χ1) is 13.2. The fourth-order valence-electron chi connectivity index (χ4n) is 4.19. The highest BCUT2D eigenvalue weighted by atomic mass is 16.5. The number of carbonyl (C=O) groups is 1. The summed E-state index contributed by atoms with van der Waals surface area (Å²) in [5.74, 6) is 0.549. The highest BCUT2D eigenvalue weighted by molar-refractivity contribution is 5.82. The van der Waals surface area contributed by atoms with Crippen LogP contribution in [-0.2, 0) is 16.1 Å². The van der Waals surface area contributed by atoms with Crippen LogP contribution in [0.3, 0.4) is 0 Å². The van der Waals surface area contributed by atoms with Crippen LogP contribution >= 0.6 is 0 Å². The van der Waals surface area contributed by atoms with E-state index in [0.29, 0.717) is 11.3 Å². The molecule has 6 heteroatoms. The fourth-order valence-corrected chi connectivity index (χ4v) is 4.19. The summed E-state index contributed by atoms with van der Waals surface area (Å²) >= 11 is 0. The van der Waals surface area contributed by atoms with Crippen molar-refractivity contribution >= 4 is 16.7 Å². The van der Waals surface area contributed by atoms with Crippen molar-refractivity contribution < 1.29 is 9.53 Å². The van der Waals surface area contributed by atoms with Crippen LogP contribution in [0.5, 0.6) is 0 Å². The molecule has 6 nitrogen and oxygen atoms in total. The average Bonchev–Trinajstić information content (AvgIpc) is 2.71. The van der Waals surface area contributed by atoms with Gasteiger partial charge >= 0.3 is 0 Å². The minimum Gasteiger partial charge on any atom is -0.379 e. The lowest BCUT2D eigenvalue weighted by Crippen LogP contribution is -2.47. The number of benzene rings is 1. The third kappa shape index (κ3) is 4.22. The van der Waals surface area contributed by atoms with Crippen LogP contribution in [0.25, 0.3) is 10.8 Å². The van der Waals surface area contributed by atoms with Crippen molar-refractivity contribution in [3.05, 3.63) is 46.9 Å². The first-order valence-corrected chi connectivity index (χ1v) is 9.87. The van der Waals surface area contributed by atoms with Crippen molar-refractivity contribution in [3.8, 4) is 0 Å². The lowest BCUT2D eigenvalue weighted by Gasteiger charge is -2.36. The van der Waals surface area contributed by atoms with Crippen LogP contribution in [0.1, 0.15) is 12.8 Å². The molecule has 2 fully saturated rings. The minimum atomic E-state index is -0.0941. The zero-order valence-corrected chi connectivity index (χ0v) is 15.7. The van der Waals surface area contributed by atoms with Crippen LogP contribution in [0.4, 0.5) is 0 Å². The number of piperidine rings is 1. The van der Waals surface area contributed by atoms with Crippen molar-refractivity contribution in [3.63, 3.8) is 0 Å². The Labute approximate surface area is 159 Å². The number of pyridine rings is 1. The monoisotopic (exact) mass is 369 g/mol. The van der Waals surface area contributed by atoms with Gasteiger partial charge in [-0.2, -0.15) is 0 Å². The highest BCUT2D eigenvalue weighted by Crippen LogP contribution is 2.19. The number of ether oxygens (including phenoxy) is 1. The molecular formula is C21H27N3O3. The molecule has 144 valence electrons. The predicted octanol–water partition coefficient (Wildman–Crippen LogP) is 1.57. The standard InChI is InChI=1S/C21H27N3O3/c25-20(16-24-9-7-18-5-1-2-6-19(18)21(24)26)23-8-3-4-17(15-23)14-22-10-12-27-13-11-22/h1-2,5-7,9,17H,3-4,8,10-16H2/t17-/m1/s1. The number of hydrogen-bond acceptors (Lipinski definition) is 4. The van der Waals surface area contributed by atoms with E-state index < -0.39 is 0 Å². The lowest BCUT2D eigenvalue weighted by molar-refractivity contribution is -0.134. The van der Waals surface area contributed by atoms with Gasteiger partial charge in [0, 0.05) is 44.3 Å². The van der Waals surface area contributed by atoms with Crippen molar-refractivity contribution in [2.24, 2.45) is 5.92 Å². The number of nitrogens with zero attached hydrogens (tertiary/aromatic N) is 3. The van der Waals surface area contributed by atoms with Gasteiger partial charge in [-0.15, -0.1) is 0 Å².